The summed E-state index contributed by atoms with van der Waals surface area (Å²) in [5.74, 6) is -0.546. The Morgan fingerprint density at radius 1 is 1.10 bits per heavy atom. The van der Waals surface area contributed by atoms with Gasteiger partial charge in [0.15, 0.2) is 0 Å². The molecule has 1 aliphatic rings. The number of hydrogen-bond acceptors (Lipinski definition) is 4. The monoisotopic (exact) mass is 399 g/mol. The van der Waals surface area contributed by atoms with Crippen molar-refractivity contribution in [3.63, 3.8) is 0 Å². The predicted molar refractivity (Wildman–Crippen MR) is 113 cm³/mol. The second-order valence-electron chi connectivity index (χ2n) is 7.33. The number of hydrogen-bond donors (Lipinski definition) is 1. The SMILES string of the molecule is Cc1cc2cnnn2c(C)c1C(=O)Nc1ccc2c(c1)C(c1ccccc1F)=NC2. The van der Waals surface area contributed by atoms with Crippen LogP contribution >= 0.6 is 0 Å². The molecule has 1 aliphatic heterocycles. The van der Waals surface area contributed by atoms with Crippen molar-refractivity contribution < 1.29 is 9.18 Å². The Morgan fingerprint density at radius 2 is 1.93 bits per heavy atom. The second kappa shape index (κ2) is 6.88. The maximum absolute atomic E-state index is 14.3. The van der Waals surface area contributed by atoms with Crippen LogP contribution in [0.1, 0.15) is 38.3 Å². The normalized spacial score (nSPS) is 12.7. The molecule has 2 aromatic carbocycles. The third kappa shape index (κ3) is 2.86. The van der Waals surface area contributed by atoms with Crippen LogP contribution in [0.15, 0.2) is 59.7 Å². The van der Waals surface area contributed by atoms with Crippen molar-refractivity contribution in [2.24, 2.45) is 4.99 Å². The molecule has 0 fully saturated rings. The van der Waals surface area contributed by atoms with E-state index < -0.39 is 0 Å². The van der Waals surface area contributed by atoms with Crippen LogP contribution in [-0.2, 0) is 6.54 Å². The molecule has 0 saturated carbocycles. The number of fused-ring (bicyclic) bond motifs is 2. The third-order valence-corrected chi connectivity index (χ3v) is 5.40. The first kappa shape index (κ1) is 18.2. The van der Waals surface area contributed by atoms with Gasteiger partial charge in [0.05, 0.1) is 35.2 Å². The Labute approximate surface area is 172 Å². The van der Waals surface area contributed by atoms with Gasteiger partial charge in [-0.2, -0.15) is 0 Å². The summed E-state index contributed by atoms with van der Waals surface area (Å²) in [7, 11) is 0. The molecule has 3 heterocycles. The molecule has 7 heteroatoms. The van der Waals surface area contributed by atoms with Gasteiger partial charge < -0.3 is 5.32 Å². The highest BCUT2D eigenvalue weighted by Crippen LogP contribution is 2.28. The molecular formula is C23H18FN5O. The maximum atomic E-state index is 14.3. The van der Waals surface area contributed by atoms with Crippen LogP contribution in [0.4, 0.5) is 10.1 Å². The fourth-order valence-corrected chi connectivity index (χ4v) is 3.97. The minimum atomic E-state index is -0.314. The van der Waals surface area contributed by atoms with Gasteiger partial charge in [0.2, 0.25) is 0 Å². The van der Waals surface area contributed by atoms with Gasteiger partial charge >= 0.3 is 0 Å². The first-order chi connectivity index (χ1) is 14.5. The number of aromatic nitrogens is 3. The minimum Gasteiger partial charge on any atom is -0.322 e. The van der Waals surface area contributed by atoms with Crippen LogP contribution in [-0.4, -0.2) is 26.4 Å². The smallest absolute Gasteiger partial charge is 0.257 e. The average molecular weight is 399 g/mol. The molecular weight excluding hydrogens is 381 g/mol. The molecule has 5 rings (SSSR count). The molecule has 0 spiro atoms. The van der Waals surface area contributed by atoms with Crippen molar-refractivity contribution in [1.29, 1.82) is 0 Å². The van der Waals surface area contributed by atoms with Crippen molar-refractivity contribution in [2.75, 3.05) is 5.32 Å². The van der Waals surface area contributed by atoms with Crippen molar-refractivity contribution >= 4 is 22.8 Å². The zero-order valence-electron chi connectivity index (χ0n) is 16.5. The van der Waals surface area contributed by atoms with Crippen LogP contribution in [0.25, 0.3) is 5.52 Å². The standard InChI is InChI=1S/C23H18FN5O/c1-13-9-17-12-26-28-29(17)14(2)21(13)23(30)27-16-8-7-15-11-25-22(19(15)10-16)18-5-3-4-6-20(18)24/h3-10,12H,11H2,1-2H3,(H,27,30). The number of halogens is 1. The van der Waals surface area contributed by atoms with Gasteiger partial charge in [-0.15, -0.1) is 5.10 Å². The Kier molecular flexibility index (Phi) is 4.17. The van der Waals surface area contributed by atoms with Gasteiger partial charge in [0.1, 0.15) is 5.82 Å². The quantitative estimate of drug-likeness (QED) is 0.564. The predicted octanol–water partition coefficient (Wildman–Crippen LogP) is 4.09. The number of anilines is 1. The fourth-order valence-electron chi connectivity index (χ4n) is 3.97. The Balaban J connectivity index is 1.49. The highest BCUT2D eigenvalue weighted by atomic mass is 19.1. The minimum absolute atomic E-state index is 0.232. The van der Waals surface area contributed by atoms with Gasteiger partial charge in [-0.05, 0) is 55.3 Å². The van der Waals surface area contributed by atoms with Gasteiger partial charge in [-0.3, -0.25) is 9.79 Å². The van der Waals surface area contributed by atoms with E-state index in [9.17, 15) is 9.18 Å². The maximum Gasteiger partial charge on any atom is 0.257 e. The molecule has 0 aliphatic carbocycles. The zero-order chi connectivity index (χ0) is 20.8. The second-order valence-corrected chi connectivity index (χ2v) is 7.33. The molecule has 0 radical (unpaired) electrons. The number of pyridine rings is 1. The van der Waals surface area contributed by atoms with Crippen LogP contribution in [0.5, 0.6) is 0 Å². The molecule has 1 amide bonds. The van der Waals surface area contributed by atoms with Crippen LogP contribution in [0, 0.1) is 19.7 Å². The Hall–Kier alpha value is -3.87. The number of rotatable bonds is 3. The number of carbonyl (C=O) groups is 1. The molecule has 6 nitrogen and oxygen atoms in total. The number of carbonyl (C=O) groups excluding carboxylic acids is 1. The lowest BCUT2D eigenvalue weighted by atomic mass is 9.99. The summed E-state index contributed by atoms with van der Waals surface area (Å²) in [6.45, 7) is 4.23. The highest BCUT2D eigenvalue weighted by molar-refractivity contribution is 6.16. The van der Waals surface area contributed by atoms with Gasteiger partial charge in [-0.1, -0.05) is 23.4 Å². The van der Waals surface area contributed by atoms with Crippen LogP contribution < -0.4 is 5.32 Å². The van der Waals surface area contributed by atoms with E-state index in [0.29, 0.717) is 29.1 Å². The summed E-state index contributed by atoms with van der Waals surface area (Å²) in [5, 5.41) is 10.9. The number of nitrogens with zero attached hydrogens (tertiary/aromatic N) is 4. The highest BCUT2D eigenvalue weighted by Gasteiger charge is 2.22. The lowest BCUT2D eigenvalue weighted by Crippen LogP contribution is -2.17. The molecule has 0 saturated heterocycles. The van der Waals surface area contributed by atoms with Crippen molar-refractivity contribution in [1.82, 2.24) is 14.8 Å². The van der Waals surface area contributed by atoms with E-state index in [1.807, 2.05) is 38.1 Å². The van der Waals surface area contributed by atoms with E-state index in [0.717, 1.165) is 27.9 Å². The van der Waals surface area contributed by atoms with Crippen LogP contribution in [0.2, 0.25) is 0 Å². The van der Waals surface area contributed by atoms with E-state index in [1.165, 1.54) is 6.07 Å². The van der Waals surface area contributed by atoms with E-state index in [2.05, 4.69) is 20.6 Å². The number of nitrogens with one attached hydrogen (secondary N) is 1. The topological polar surface area (TPSA) is 71.7 Å². The zero-order valence-corrected chi connectivity index (χ0v) is 16.5. The van der Waals surface area contributed by atoms with Crippen molar-refractivity contribution in [3.8, 4) is 0 Å². The molecule has 1 N–H and O–H groups in total. The molecule has 30 heavy (non-hydrogen) atoms. The number of aliphatic imine (C=N–C) groups is 1. The summed E-state index contributed by atoms with van der Waals surface area (Å²) in [6.07, 6.45) is 1.66. The Morgan fingerprint density at radius 3 is 2.77 bits per heavy atom. The molecule has 2 aromatic heterocycles. The van der Waals surface area contributed by atoms with E-state index in [4.69, 9.17) is 0 Å². The van der Waals surface area contributed by atoms with Crippen LogP contribution in [0.3, 0.4) is 0 Å². The third-order valence-electron chi connectivity index (χ3n) is 5.40. The Bertz CT molecular complexity index is 1360. The average Bonchev–Trinajstić information content (AvgIpc) is 3.35. The van der Waals surface area contributed by atoms with Crippen molar-refractivity contribution in [3.05, 3.63) is 94.1 Å². The molecule has 148 valence electrons. The lowest BCUT2D eigenvalue weighted by molar-refractivity contribution is 0.102. The number of benzene rings is 2. The number of amides is 1. The van der Waals surface area contributed by atoms with Gasteiger partial charge in [0, 0.05) is 16.8 Å². The molecule has 4 aromatic rings. The summed E-state index contributed by atoms with van der Waals surface area (Å²) in [6, 6.07) is 14.1. The fraction of sp³-hybridized carbons (Fsp3) is 0.130. The van der Waals surface area contributed by atoms with E-state index in [-0.39, 0.29) is 11.7 Å². The summed E-state index contributed by atoms with van der Waals surface area (Å²) in [5.41, 5.74) is 6.48. The van der Waals surface area contributed by atoms with Gasteiger partial charge in [0.25, 0.3) is 5.91 Å². The summed E-state index contributed by atoms with van der Waals surface area (Å²) >= 11 is 0. The molecule has 0 bridgehead atoms. The summed E-state index contributed by atoms with van der Waals surface area (Å²) in [4.78, 5) is 17.6. The first-order valence-electron chi connectivity index (χ1n) is 9.57. The largest absolute Gasteiger partial charge is 0.322 e. The van der Waals surface area contributed by atoms with E-state index in [1.54, 1.807) is 28.9 Å². The van der Waals surface area contributed by atoms with Crippen molar-refractivity contribution in [2.45, 2.75) is 20.4 Å². The van der Waals surface area contributed by atoms with Gasteiger partial charge in [-0.25, -0.2) is 8.91 Å². The molecule has 0 atom stereocenters. The number of aryl methyl sites for hydroxylation is 2. The molecule has 0 unspecified atom stereocenters. The summed E-state index contributed by atoms with van der Waals surface area (Å²) < 4.78 is 15.9. The lowest BCUT2D eigenvalue weighted by Gasteiger charge is -2.13. The van der Waals surface area contributed by atoms with E-state index >= 15 is 0 Å². The first-order valence-corrected chi connectivity index (χ1v) is 9.57.